The SMILES string of the molecule is CCC(S)Oc1c(-c2nc3ncccc3[nH]2)c(S)cc2cc(C)ccc12. The number of aromatic nitrogens is 3. The molecule has 6 heteroatoms. The molecule has 4 aromatic rings. The highest BCUT2D eigenvalue weighted by atomic mass is 32.1. The van der Waals surface area contributed by atoms with Gasteiger partial charge in [0.05, 0.1) is 11.1 Å². The zero-order valence-corrected chi connectivity index (χ0v) is 16.3. The summed E-state index contributed by atoms with van der Waals surface area (Å²) in [5.41, 5.74) is 3.35. The molecule has 4 rings (SSSR count). The predicted octanol–water partition coefficient (Wildman–Crippen LogP) is 5.42. The molecule has 132 valence electrons. The molecule has 0 radical (unpaired) electrons. The van der Waals surface area contributed by atoms with Crippen LogP contribution in [0.5, 0.6) is 5.75 Å². The number of ether oxygens (including phenoxy) is 1. The van der Waals surface area contributed by atoms with Crippen molar-refractivity contribution in [2.24, 2.45) is 0 Å². The van der Waals surface area contributed by atoms with Crippen molar-refractivity contribution in [2.45, 2.75) is 30.6 Å². The summed E-state index contributed by atoms with van der Waals surface area (Å²) in [6.45, 7) is 4.11. The zero-order chi connectivity index (χ0) is 18.3. The lowest BCUT2D eigenvalue weighted by atomic mass is 10.0. The van der Waals surface area contributed by atoms with Gasteiger partial charge in [-0.05, 0) is 36.9 Å². The van der Waals surface area contributed by atoms with Gasteiger partial charge in [0, 0.05) is 16.5 Å². The van der Waals surface area contributed by atoms with E-state index in [1.807, 2.05) is 25.1 Å². The smallest absolute Gasteiger partial charge is 0.178 e. The highest BCUT2D eigenvalue weighted by Crippen LogP contribution is 2.42. The number of thiol groups is 2. The van der Waals surface area contributed by atoms with Gasteiger partial charge in [-0.2, -0.15) is 0 Å². The van der Waals surface area contributed by atoms with Crippen molar-refractivity contribution in [1.29, 1.82) is 0 Å². The second-order valence-electron chi connectivity index (χ2n) is 6.27. The normalized spacial score (nSPS) is 12.6. The molecule has 0 aliphatic carbocycles. The van der Waals surface area contributed by atoms with Crippen molar-refractivity contribution in [3.8, 4) is 17.1 Å². The van der Waals surface area contributed by atoms with Crippen LogP contribution in [0.2, 0.25) is 0 Å². The van der Waals surface area contributed by atoms with Crippen LogP contribution >= 0.6 is 25.3 Å². The summed E-state index contributed by atoms with van der Waals surface area (Å²) in [5.74, 6) is 1.44. The van der Waals surface area contributed by atoms with E-state index in [9.17, 15) is 0 Å². The number of rotatable bonds is 4. The Kier molecular flexibility index (Phi) is 4.54. The molecule has 0 fully saturated rings. The Labute approximate surface area is 162 Å². The molecular formula is C20H19N3OS2. The van der Waals surface area contributed by atoms with E-state index >= 15 is 0 Å². The first-order valence-corrected chi connectivity index (χ1v) is 9.45. The van der Waals surface area contributed by atoms with Crippen molar-refractivity contribution in [3.63, 3.8) is 0 Å². The Hall–Kier alpha value is -2.18. The largest absolute Gasteiger partial charge is 0.479 e. The molecule has 2 heterocycles. The maximum absolute atomic E-state index is 6.21. The van der Waals surface area contributed by atoms with Gasteiger partial charge in [-0.25, -0.2) is 9.97 Å². The van der Waals surface area contributed by atoms with Gasteiger partial charge in [-0.1, -0.05) is 30.7 Å². The van der Waals surface area contributed by atoms with Crippen LogP contribution in [0.3, 0.4) is 0 Å². The molecule has 0 saturated heterocycles. The van der Waals surface area contributed by atoms with Crippen molar-refractivity contribution in [2.75, 3.05) is 0 Å². The third-order valence-electron chi connectivity index (χ3n) is 4.32. The van der Waals surface area contributed by atoms with Gasteiger partial charge in [-0.15, -0.1) is 25.3 Å². The van der Waals surface area contributed by atoms with Crippen molar-refractivity contribution in [3.05, 3.63) is 48.2 Å². The third kappa shape index (κ3) is 3.04. The molecule has 26 heavy (non-hydrogen) atoms. The predicted molar refractivity (Wildman–Crippen MR) is 113 cm³/mol. The van der Waals surface area contributed by atoms with Crippen LogP contribution in [0.15, 0.2) is 47.5 Å². The highest BCUT2D eigenvalue weighted by Gasteiger charge is 2.20. The topological polar surface area (TPSA) is 50.8 Å². The van der Waals surface area contributed by atoms with Gasteiger partial charge < -0.3 is 9.72 Å². The van der Waals surface area contributed by atoms with Crippen LogP contribution < -0.4 is 4.74 Å². The van der Waals surface area contributed by atoms with Gasteiger partial charge in [0.2, 0.25) is 0 Å². The third-order valence-corrected chi connectivity index (χ3v) is 5.15. The number of pyridine rings is 1. The summed E-state index contributed by atoms with van der Waals surface area (Å²) < 4.78 is 6.21. The maximum atomic E-state index is 6.21. The Balaban J connectivity index is 2.01. The van der Waals surface area contributed by atoms with Crippen molar-refractivity contribution < 1.29 is 4.74 Å². The maximum Gasteiger partial charge on any atom is 0.178 e. The fourth-order valence-corrected chi connectivity index (χ4v) is 3.46. The van der Waals surface area contributed by atoms with Crippen LogP contribution in [-0.4, -0.2) is 20.4 Å². The lowest BCUT2D eigenvalue weighted by molar-refractivity contribution is 0.290. The van der Waals surface area contributed by atoms with E-state index in [1.54, 1.807) is 6.20 Å². The first-order valence-electron chi connectivity index (χ1n) is 8.49. The minimum absolute atomic E-state index is 0.212. The molecule has 1 N–H and O–H groups in total. The van der Waals surface area contributed by atoms with Gasteiger partial charge >= 0.3 is 0 Å². The molecule has 0 spiro atoms. The fourth-order valence-electron chi connectivity index (χ4n) is 3.01. The minimum atomic E-state index is -0.212. The molecule has 1 unspecified atom stereocenters. The second kappa shape index (κ2) is 6.85. The molecular weight excluding hydrogens is 362 g/mol. The van der Waals surface area contributed by atoms with Crippen LogP contribution in [0, 0.1) is 6.92 Å². The number of imidazole rings is 1. The Morgan fingerprint density at radius 2 is 2.08 bits per heavy atom. The first kappa shape index (κ1) is 17.2. The van der Waals surface area contributed by atoms with E-state index in [0.717, 1.165) is 38.9 Å². The van der Waals surface area contributed by atoms with E-state index in [0.29, 0.717) is 11.5 Å². The summed E-state index contributed by atoms with van der Waals surface area (Å²) >= 11 is 9.28. The van der Waals surface area contributed by atoms with E-state index in [-0.39, 0.29) is 5.44 Å². The summed E-state index contributed by atoms with van der Waals surface area (Å²) in [6, 6.07) is 12.2. The molecule has 1 atom stereocenters. The molecule has 0 bridgehead atoms. The molecule has 4 nitrogen and oxygen atoms in total. The lowest BCUT2D eigenvalue weighted by Gasteiger charge is -2.19. The number of nitrogens with one attached hydrogen (secondary N) is 1. The number of hydrogen-bond acceptors (Lipinski definition) is 5. The van der Waals surface area contributed by atoms with Crippen molar-refractivity contribution >= 4 is 47.2 Å². The number of aromatic amines is 1. The first-order chi connectivity index (χ1) is 12.6. The number of nitrogens with zero attached hydrogens (tertiary/aromatic N) is 2. The number of fused-ring (bicyclic) bond motifs is 2. The summed E-state index contributed by atoms with van der Waals surface area (Å²) in [4.78, 5) is 13.1. The number of H-pyrrole nitrogens is 1. The second-order valence-corrected chi connectivity index (χ2v) is 7.32. The van der Waals surface area contributed by atoms with Crippen molar-refractivity contribution in [1.82, 2.24) is 15.0 Å². The number of hydrogen-bond donors (Lipinski definition) is 3. The monoisotopic (exact) mass is 381 g/mol. The van der Waals surface area contributed by atoms with E-state index in [2.05, 4.69) is 52.7 Å². The number of benzene rings is 2. The van der Waals surface area contributed by atoms with Gasteiger partial charge in [0.15, 0.2) is 5.65 Å². The van der Waals surface area contributed by atoms with Gasteiger partial charge in [0.1, 0.15) is 17.0 Å². The minimum Gasteiger partial charge on any atom is -0.479 e. The molecule has 0 aliphatic rings. The molecule has 0 amide bonds. The molecule has 0 saturated carbocycles. The van der Waals surface area contributed by atoms with E-state index in [1.165, 1.54) is 5.56 Å². The lowest BCUT2D eigenvalue weighted by Crippen LogP contribution is -2.08. The number of aryl methyl sites for hydroxylation is 1. The van der Waals surface area contributed by atoms with Gasteiger partial charge in [0.25, 0.3) is 0 Å². The quantitative estimate of drug-likeness (QED) is 0.327. The molecule has 2 aromatic heterocycles. The summed E-state index contributed by atoms with van der Waals surface area (Å²) in [7, 11) is 0. The van der Waals surface area contributed by atoms with Crippen LogP contribution in [-0.2, 0) is 0 Å². The Morgan fingerprint density at radius 1 is 1.23 bits per heavy atom. The van der Waals surface area contributed by atoms with E-state index < -0.39 is 0 Å². The van der Waals surface area contributed by atoms with Crippen LogP contribution in [0.25, 0.3) is 33.3 Å². The molecule has 2 aromatic carbocycles. The zero-order valence-electron chi connectivity index (χ0n) is 14.5. The highest BCUT2D eigenvalue weighted by molar-refractivity contribution is 7.80. The molecule has 0 aliphatic heterocycles. The summed E-state index contributed by atoms with van der Waals surface area (Å²) in [5, 5.41) is 2.10. The van der Waals surface area contributed by atoms with E-state index in [4.69, 9.17) is 17.4 Å². The Bertz CT molecular complexity index is 1070. The summed E-state index contributed by atoms with van der Waals surface area (Å²) in [6.07, 6.45) is 2.52. The van der Waals surface area contributed by atoms with Gasteiger partial charge in [-0.3, -0.25) is 0 Å². The standard InChI is InChI=1S/C20H19N3OS2/c1-3-16(26)24-18-13-7-6-11(2)9-12(13)10-15(25)17(18)20-22-14-5-4-8-21-19(14)23-20/h4-10,16,25-26H,3H2,1-2H3,(H,21,22,23). The van der Waals surface area contributed by atoms with Crippen LogP contribution in [0.1, 0.15) is 18.9 Å². The van der Waals surface area contributed by atoms with Crippen LogP contribution in [0.4, 0.5) is 0 Å². The average Bonchev–Trinajstić information content (AvgIpc) is 3.04. The Morgan fingerprint density at radius 3 is 2.85 bits per heavy atom. The average molecular weight is 382 g/mol. The fraction of sp³-hybridized carbons (Fsp3) is 0.200.